The minimum atomic E-state index is 0. The Morgan fingerprint density at radius 2 is 2.14 bits per heavy atom. The normalized spacial score (nSPS) is 14.9. The lowest BCUT2D eigenvalue weighted by Gasteiger charge is -2.22. The summed E-state index contributed by atoms with van der Waals surface area (Å²) >= 11 is 1.67. The Bertz CT molecular complexity index is 409. The van der Waals surface area contributed by atoms with Gasteiger partial charge in [-0.05, 0) is 44.7 Å². The third-order valence-electron chi connectivity index (χ3n) is 3.61. The fourth-order valence-electron chi connectivity index (χ4n) is 2.38. The molecule has 0 aliphatic carbocycles. The molecule has 21 heavy (non-hydrogen) atoms. The average Bonchev–Trinajstić information content (AvgIpc) is 2.92. The lowest BCUT2D eigenvalue weighted by molar-refractivity contribution is -0.121. The summed E-state index contributed by atoms with van der Waals surface area (Å²) in [6, 6.07) is 0. The van der Waals surface area contributed by atoms with Crippen LogP contribution in [0.1, 0.15) is 43.3 Å². The van der Waals surface area contributed by atoms with E-state index in [1.807, 2.05) is 5.38 Å². The molecule has 4 nitrogen and oxygen atoms in total. The maximum atomic E-state index is 11.8. The smallest absolute Gasteiger partial charge is 0.220 e. The van der Waals surface area contributed by atoms with E-state index < -0.39 is 0 Å². The number of amides is 1. The van der Waals surface area contributed by atoms with Gasteiger partial charge in [-0.15, -0.1) is 36.2 Å². The van der Waals surface area contributed by atoms with Crippen LogP contribution >= 0.6 is 36.2 Å². The lowest BCUT2D eigenvalue weighted by atomic mass is 9.93. The molecule has 0 aromatic carbocycles. The van der Waals surface area contributed by atoms with Crippen molar-refractivity contribution in [3.05, 3.63) is 16.1 Å². The highest BCUT2D eigenvalue weighted by atomic mass is 35.5. The summed E-state index contributed by atoms with van der Waals surface area (Å²) in [7, 11) is 0. The summed E-state index contributed by atoms with van der Waals surface area (Å²) in [5.74, 6) is 0.877. The highest BCUT2D eigenvalue weighted by Gasteiger charge is 2.14. The van der Waals surface area contributed by atoms with Crippen molar-refractivity contribution in [1.82, 2.24) is 15.6 Å². The molecule has 0 spiro atoms. The fraction of sp³-hybridized carbons (Fsp3) is 0.714. The number of piperidine rings is 1. The van der Waals surface area contributed by atoms with Crippen molar-refractivity contribution in [3.63, 3.8) is 0 Å². The zero-order chi connectivity index (χ0) is 13.5. The summed E-state index contributed by atoms with van der Waals surface area (Å²) < 4.78 is 0. The molecular formula is C14H25Cl2N3OS. The second kappa shape index (κ2) is 11.2. The van der Waals surface area contributed by atoms with E-state index in [-0.39, 0.29) is 30.7 Å². The Labute approximate surface area is 143 Å². The van der Waals surface area contributed by atoms with Crippen LogP contribution in [0.5, 0.6) is 0 Å². The molecule has 0 saturated carbocycles. The summed E-state index contributed by atoms with van der Waals surface area (Å²) in [5, 5.41) is 9.49. The zero-order valence-electron chi connectivity index (χ0n) is 12.4. The second-order valence-electron chi connectivity index (χ2n) is 5.09. The summed E-state index contributed by atoms with van der Waals surface area (Å²) in [4.78, 5) is 16.2. The van der Waals surface area contributed by atoms with Crippen LogP contribution in [0.3, 0.4) is 0 Å². The first-order chi connectivity index (χ1) is 9.28. The monoisotopic (exact) mass is 353 g/mol. The van der Waals surface area contributed by atoms with Crippen molar-refractivity contribution >= 4 is 42.1 Å². The second-order valence-corrected chi connectivity index (χ2v) is 6.04. The molecule has 1 saturated heterocycles. The van der Waals surface area contributed by atoms with E-state index in [0.717, 1.165) is 42.6 Å². The number of nitrogens with one attached hydrogen (secondary N) is 2. The molecule has 1 aromatic heterocycles. The zero-order valence-corrected chi connectivity index (χ0v) is 14.8. The summed E-state index contributed by atoms with van der Waals surface area (Å²) in [6.45, 7) is 4.87. The van der Waals surface area contributed by atoms with Gasteiger partial charge in [-0.25, -0.2) is 4.98 Å². The number of aryl methyl sites for hydroxylation is 1. The maximum Gasteiger partial charge on any atom is 0.220 e. The minimum Gasteiger partial charge on any atom is -0.350 e. The SMILES string of the molecule is CCc1nc(CNC(=O)CCC2CCNCC2)cs1.Cl.Cl. The van der Waals surface area contributed by atoms with E-state index in [1.165, 1.54) is 12.8 Å². The van der Waals surface area contributed by atoms with Gasteiger partial charge in [0.1, 0.15) is 0 Å². The molecule has 2 heterocycles. The largest absolute Gasteiger partial charge is 0.350 e. The van der Waals surface area contributed by atoms with Gasteiger partial charge in [0.25, 0.3) is 0 Å². The van der Waals surface area contributed by atoms with Gasteiger partial charge in [0.15, 0.2) is 0 Å². The predicted molar refractivity (Wildman–Crippen MR) is 92.7 cm³/mol. The van der Waals surface area contributed by atoms with Crippen molar-refractivity contribution in [1.29, 1.82) is 0 Å². The van der Waals surface area contributed by atoms with E-state index in [1.54, 1.807) is 11.3 Å². The van der Waals surface area contributed by atoms with Crippen LogP contribution in [0.25, 0.3) is 0 Å². The standard InChI is InChI=1S/C14H23N3OS.2ClH/c1-2-14-17-12(10-19-14)9-16-13(18)4-3-11-5-7-15-8-6-11;;/h10-11,15H,2-9H2,1H3,(H,16,18);2*1H. The third kappa shape index (κ3) is 7.45. The van der Waals surface area contributed by atoms with Gasteiger partial charge in [-0.2, -0.15) is 0 Å². The first-order valence-electron chi connectivity index (χ1n) is 7.18. The van der Waals surface area contributed by atoms with Crippen LogP contribution in [0.2, 0.25) is 0 Å². The molecule has 0 radical (unpaired) electrons. The molecule has 7 heteroatoms. The molecule has 2 rings (SSSR count). The predicted octanol–water partition coefficient (Wildman–Crippen LogP) is 2.95. The van der Waals surface area contributed by atoms with Gasteiger partial charge < -0.3 is 10.6 Å². The highest BCUT2D eigenvalue weighted by molar-refractivity contribution is 7.09. The van der Waals surface area contributed by atoms with Crippen LogP contribution in [-0.4, -0.2) is 24.0 Å². The fourth-order valence-corrected chi connectivity index (χ4v) is 3.12. The van der Waals surface area contributed by atoms with E-state index in [4.69, 9.17) is 0 Å². The third-order valence-corrected chi connectivity index (χ3v) is 4.65. The number of hydrogen-bond acceptors (Lipinski definition) is 4. The maximum absolute atomic E-state index is 11.8. The Morgan fingerprint density at radius 1 is 1.43 bits per heavy atom. The van der Waals surface area contributed by atoms with E-state index in [2.05, 4.69) is 22.5 Å². The first-order valence-corrected chi connectivity index (χ1v) is 8.06. The van der Waals surface area contributed by atoms with Crippen molar-refractivity contribution < 1.29 is 4.79 Å². The molecule has 0 unspecified atom stereocenters. The molecule has 0 atom stereocenters. The Hall–Kier alpha value is -0.360. The van der Waals surface area contributed by atoms with Crippen LogP contribution in [-0.2, 0) is 17.8 Å². The van der Waals surface area contributed by atoms with Crippen LogP contribution in [0.4, 0.5) is 0 Å². The number of nitrogens with zero attached hydrogens (tertiary/aromatic N) is 1. The van der Waals surface area contributed by atoms with Gasteiger partial charge in [0.05, 0.1) is 17.2 Å². The van der Waals surface area contributed by atoms with E-state index in [9.17, 15) is 4.79 Å². The van der Waals surface area contributed by atoms with Crippen molar-refractivity contribution in [3.8, 4) is 0 Å². The number of halogens is 2. The van der Waals surface area contributed by atoms with Gasteiger partial charge in [0, 0.05) is 11.8 Å². The first kappa shape index (κ1) is 20.6. The van der Waals surface area contributed by atoms with Gasteiger partial charge >= 0.3 is 0 Å². The number of carbonyl (C=O) groups is 1. The van der Waals surface area contributed by atoms with E-state index in [0.29, 0.717) is 13.0 Å². The van der Waals surface area contributed by atoms with Crippen LogP contribution in [0, 0.1) is 5.92 Å². The Morgan fingerprint density at radius 3 is 2.76 bits per heavy atom. The highest BCUT2D eigenvalue weighted by Crippen LogP contribution is 2.17. The molecular weight excluding hydrogens is 329 g/mol. The molecule has 122 valence electrons. The Kier molecular flexibility index (Phi) is 11.0. The van der Waals surface area contributed by atoms with Crippen LogP contribution in [0.15, 0.2) is 5.38 Å². The molecule has 1 aliphatic heterocycles. The lowest BCUT2D eigenvalue weighted by Crippen LogP contribution is -2.29. The number of rotatable bonds is 6. The van der Waals surface area contributed by atoms with Gasteiger partial charge in [0.2, 0.25) is 5.91 Å². The molecule has 1 amide bonds. The molecule has 1 fully saturated rings. The Balaban J connectivity index is 0.00000200. The van der Waals surface area contributed by atoms with Crippen molar-refractivity contribution in [2.45, 2.75) is 45.6 Å². The number of aromatic nitrogens is 1. The molecule has 2 N–H and O–H groups in total. The van der Waals surface area contributed by atoms with Crippen molar-refractivity contribution in [2.75, 3.05) is 13.1 Å². The molecule has 1 aliphatic rings. The quantitative estimate of drug-likeness (QED) is 0.826. The van der Waals surface area contributed by atoms with Gasteiger partial charge in [-0.1, -0.05) is 6.92 Å². The summed E-state index contributed by atoms with van der Waals surface area (Å²) in [6.07, 6.45) is 5.05. The number of carbonyl (C=O) groups excluding carboxylic acids is 1. The summed E-state index contributed by atoms with van der Waals surface area (Å²) in [5.41, 5.74) is 0.983. The van der Waals surface area contributed by atoms with Gasteiger partial charge in [-0.3, -0.25) is 4.79 Å². The number of thiazole rings is 1. The van der Waals surface area contributed by atoms with Crippen LogP contribution < -0.4 is 10.6 Å². The minimum absolute atomic E-state index is 0. The topological polar surface area (TPSA) is 54.0 Å². The molecule has 1 aromatic rings. The number of hydrogen-bond donors (Lipinski definition) is 2. The van der Waals surface area contributed by atoms with Crippen molar-refractivity contribution in [2.24, 2.45) is 5.92 Å². The average molecular weight is 354 g/mol. The van der Waals surface area contributed by atoms with E-state index >= 15 is 0 Å². The molecule has 0 bridgehead atoms.